The van der Waals surface area contributed by atoms with Crippen molar-refractivity contribution < 1.29 is 9.53 Å². The molecular weight excluding hydrogens is 202 g/mol. The van der Waals surface area contributed by atoms with E-state index in [4.69, 9.17) is 4.74 Å². The Morgan fingerprint density at radius 2 is 1.75 bits per heavy atom. The number of carbonyl (C=O) groups excluding carboxylic acids is 1. The van der Waals surface area contributed by atoms with Gasteiger partial charge in [0.25, 0.3) is 0 Å². The molecule has 0 atom stereocenters. The third kappa shape index (κ3) is 3.78. The van der Waals surface area contributed by atoms with E-state index >= 15 is 0 Å². The molecule has 2 rings (SSSR count). The van der Waals surface area contributed by atoms with Gasteiger partial charge in [0.05, 0.1) is 0 Å². The first-order chi connectivity index (χ1) is 7.84. The fourth-order valence-corrected chi connectivity index (χ4v) is 2.76. The van der Waals surface area contributed by atoms with Gasteiger partial charge in [0.1, 0.15) is 0 Å². The molecule has 0 aromatic heterocycles. The molecule has 1 saturated heterocycles. The Bertz CT molecular complexity index is 218. The fraction of sp³-hybridized carbons (Fsp3) is 0.923. The van der Waals surface area contributed by atoms with Gasteiger partial charge in [-0.15, -0.1) is 0 Å². The van der Waals surface area contributed by atoms with E-state index in [9.17, 15) is 4.79 Å². The third-order valence-electron chi connectivity index (χ3n) is 3.88. The Morgan fingerprint density at radius 1 is 1.06 bits per heavy atom. The number of carbonyl (C=O) groups is 1. The first kappa shape index (κ1) is 11.9. The van der Waals surface area contributed by atoms with E-state index in [-0.39, 0.29) is 5.91 Å². The molecule has 1 aliphatic heterocycles. The van der Waals surface area contributed by atoms with Crippen molar-refractivity contribution in [3.05, 3.63) is 0 Å². The lowest BCUT2D eigenvalue weighted by atomic mass is 9.99. The van der Waals surface area contributed by atoms with Crippen LogP contribution in [-0.2, 0) is 9.53 Å². The minimum atomic E-state index is 0.262. The van der Waals surface area contributed by atoms with E-state index in [1.165, 1.54) is 25.7 Å². The third-order valence-corrected chi connectivity index (χ3v) is 3.88. The van der Waals surface area contributed by atoms with Crippen LogP contribution in [0.4, 0.5) is 0 Å². The molecule has 1 amide bonds. The molecule has 1 aliphatic carbocycles. The zero-order chi connectivity index (χ0) is 11.2. The molecule has 2 fully saturated rings. The van der Waals surface area contributed by atoms with Crippen molar-refractivity contribution in [1.82, 2.24) is 5.32 Å². The van der Waals surface area contributed by atoms with Gasteiger partial charge < -0.3 is 10.1 Å². The summed E-state index contributed by atoms with van der Waals surface area (Å²) in [4.78, 5) is 11.7. The summed E-state index contributed by atoms with van der Waals surface area (Å²) >= 11 is 0. The quantitative estimate of drug-likeness (QED) is 0.795. The molecular formula is C13H23NO2. The summed E-state index contributed by atoms with van der Waals surface area (Å²) in [5.41, 5.74) is 0. The van der Waals surface area contributed by atoms with E-state index in [1.54, 1.807) is 0 Å². The SMILES string of the molecule is O=C(CC1CCCC1)NCC1CCOCC1. The number of amides is 1. The van der Waals surface area contributed by atoms with Crippen LogP contribution < -0.4 is 5.32 Å². The first-order valence-electron chi connectivity index (χ1n) is 6.69. The van der Waals surface area contributed by atoms with Crippen molar-refractivity contribution in [2.24, 2.45) is 11.8 Å². The molecule has 3 heteroatoms. The predicted molar refractivity (Wildman–Crippen MR) is 63.1 cm³/mol. The molecule has 0 spiro atoms. The van der Waals surface area contributed by atoms with E-state index in [0.29, 0.717) is 11.8 Å². The van der Waals surface area contributed by atoms with Gasteiger partial charge in [-0.2, -0.15) is 0 Å². The lowest BCUT2D eigenvalue weighted by molar-refractivity contribution is -0.122. The van der Waals surface area contributed by atoms with Gasteiger partial charge >= 0.3 is 0 Å². The highest BCUT2D eigenvalue weighted by Gasteiger charge is 2.19. The molecule has 1 N–H and O–H groups in total. The second-order valence-electron chi connectivity index (χ2n) is 5.21. The molecule has 1 saturated carbocycles. The fourth-order valence-electron chi connectivity index (χ4n) is 2.76. The number of hydrogen-bond acceptors (Lipinski definition) is 2. The summed E-state index contributed by atoms with van der Waals surface area (Å²) in [5, 5.41) is 3.08. The summed E-state index contributed by atoms with van der Waals surface area (Å²) in [5.74, 6) is 1.56. The summed E-state index contributed by atoms with van der Waals surface area (Å²) < 4.78 is 5.30. The van der Waals surface area contributed by atoms with Crippen LogP contribution in [0.5, 0.6) is 0 Å². The Labute approximate surface area is 97.9 Å². The molecule has 0 unspecified atom stereocenters. The predicted octanol–water partition coefficient (Wildman–Crippen LogP) is 2.11. The van der Waals surface area contributed by atoms with Crippen molar-refractivity contribution in [3.63, 3.8) is 0 Å². The highest BCUT2D eigenvalue weighted by Crippen LogP contribution is 2.27. The van der Waals surface area contributed by atoms with Crippen LogP contribution in [0.2, 0.25) is 0 Å². The number of ether oxygens (including phenoxy) is 1. The molecule has 1 heterocycles. The van der Waals surface area contributed by atoms with Gasteiger partial charge in [-0.05, 0) is 37.5 Å². The summed E-state index contributed by atoms with van der Waals surface area (Å²) in [6.45, 7) is 2.58. The molecule has 0 bridgehead atoms. The molecule has 16 heavy (non-hydrogen) atoms. The highest BCUT2D eigenvalue weighted by atomic mass is 16.5. The number of rotatable bonds is 4. The van der Waals surface area contributed by atoms with Gasteiger partial charge in [0, 0.05) is 26.2 Å². The van der Waals surface area contributed by atoms with Crippen molar-refractivity contribution in [2.45, 2.75) is 44.9 Å². The second kappa shape index (κ2) is 6.24. The monoisotopic (exact) mass is 225 g/mol. The molecule has 0 aromatic rings. The van der Waals surface area contributed by atoms with Gasteiger partial charge in [-0.25, -0.2) is 0 Å². The van der Waals surface area contributed by atoms with E-state index in [2.05, 4.69) is 5.32 Å². The maximum absolute atomic E-state index is 11.7. The van der Waals surface area contributed by atoms with Gasteiger partial charge in [0.2, 0.25) is 5.91 Å². The molecule has 0 aromatic carbocycles. The maximum Gasteiger partial charge on any atom is 0.220 e. The summed E-state index contributed by atoms with van der Waals surface area (Å²) in [7, 11) is 0. The summed E-state index contributed by atoms with van der Waals surface area (Å²) in [6, 6.07) is 0. The van der Waals surface area contributed by atoms with Gasteiger partial charge in [-0.1, -0.05) is 12.8 Å². The Hall–Kier alpha value is -0.570. The van der Waals surface area contributed by atoms with Crippen LogP contribution in [-0.4, -0.2) is 25.7 Å². The van der Waals surface area contributed by atoms with Gasteiger partial charge in [0.15, 0.2) is 0 Å². The number of nitrogens with one attached hydrogen (secondary N) is 1. The van der Waals surface area contributed by atoms with E-state index in [1.807, 2.05) is 0 Å². The minimum absolute atomic E-state index is 0.262. The van der Waals surface area contributed by atoms with Crippen LogP contribution in [0, 0.1) is 11.8 Å². The highest BCUT2D eigenvalue weighted by molar-refractivity contribution is 5.76. The van der Waals surface area contributed by atoms with Crippen LogP contribution in [0.1, 0.15) is 44.9 Å². The zero-order valence-corrected chi connectivity index (χ0v) is 10.0. The molecule has 3 nitrogen and oxygen atoms in total. The molecule has 2 aliphatic rings. The zero-order valence-electron chi connectivity index (χ0n) is 10.0. The average Bonchev–Trinajstić information content (AvgIpc) is 2.81. The van der Waals surface area contributed by atoms with Gasteiger partial charge in [-0.3, -0.25) is 4.79 Å². The normalized spacial score (nSPS) is 23.5. The van der Waals surface area contributed by atoms with Crippen LogP contribution in [0.3, 0.4) is 0 Å². The van der Waals surface area contributed by atoms with E-state index in [0.717, 1.165) is 39.0 Å². The van der Waals surface area contributed by atoms with Crippen molar-refractivity contribution in [3.8, 4) is 0 Å². The average molecular weight is 225 g/mol. The van der Waals surface area contributed by atoms with Crippen LogP contribution in [0.15, 0.2) is 0 Å². The number of hydrogen-bond donors (Lipinski definition) is 1. The minimum Gasteiger partial charge on any atom is -0.381 e. The Kier molecular flexibility index (Phi) is 4.64. The lowest BCUT2D eigenvalue weighted by Crippen LogP contribution is -2.32. The largest absolute Gasteiger partial charge is 0.381 e. The standard InChI is InChI=1S/C13H23NO2/c15-13(9-11-3-1-2-4-11)14-10-12-5-7-16-8-6-12/h11-12H,1-10H2,(H,14,15). The lowest BCUT2D eigenvalue weighted by Gasteiger charge is -2.22. The van der Waals surface area contributed by atoms with Crippen molar-refractivity contribution in [1.29, 1.82) is 0 Å². The van der Waals surface area contributed by atoms with Crippen molar-refractivity contribution in [2.75, 3.05) is 19.8 Å². The van der Waals surface area contributed by atoms with Crippen molar-refractivity contribution >= 4 is 5.91 Å². The first-order valence-corrected chi connectivity index (χ1v) is 6.69. The summed E-state index contributed by atoms with van der Waals surface area (Å²) in [6.07, 6.45) is 8.10. The maximum atomic E-state index is 11.7. The topological polar surface area (TPSA) is 38.3 Å². The molecule has 0 radical (unpaired) electrons. The second-order valence-corrected chi connectivity index (χ2v) is 5.21. The van der Waals surface area contributed by atoms with Crippen LogP contribution in [0.25, 0.3) is 0 Å². The van der Waals surface area contributed by atoms with E-state index < -0.39 is 0 Å². The Morgan fingerprint density at radius 3 is 2.44 bits per heavy atom. The molecule has 92 valence electrons. The van der Waals surface area contributed by atoms with Crippen LogP contribution >= 0.6 is 0 Å². The Balaban J connectivity index is 1.59. The smallest absolute Gasteiger partial charge is 0.220 e.